The molecule has 1 aromatic carbocycles. The lowest BCUT2D eigenvalue weighted by molar-refractivity contribution is -0.132. The molecule has 1 heterocycles. The van der Waals surface area contributed by atoms with Crippen LogP contribution < -0.4 is 9.47 Å². The fourth-order valence-corrected chi connectivity index (χ4v) is 2.08. The molecular weight excluding hydrogens is 246 g/mol. The molecule has 1 aliphatic heterocycles. The fourth-order valence-electron chi connectivity index (χ4n) is 2.08. The Bertz CT molecular complexity index is 457. The molecule has 0 aliphatic carbocycles. The molecule has 0 bridgehead atoms. The lowest BCUT2D eigenvalue weighted by Crippen LogP contribution is -2.34. The average Bonchev–Trinajstić information content (AvgIpc) is 2.79. The van der Waals surface area contributed by atoms with Crippen molar-refractivity contribution in [3.63, 3.8) is 0 Å². The number of aliphatic hydroxyl groups excluding tert-OH is 1. The highest BCUT2D eigenvalue weighted by Gasteiger charge is 2.22. The molecule has 2 rings (SSSR count). The van der Waals surface area contributed by atoms with E-state index in [9.17, 15) is 9.90 Å². The molecule has 1 aliphatic rings. The molecule has 0 radical (unpaired) electrons. The largest absolute Gasteiger partial charge is 0.490 e. The topological polar surface area (TPSA) is 59.0 Å². The maximum atomic E-state index is 11.8. The molecule has 104 valence electrons. The second-order valence-corrected chi connectivity index (χ2v) is 4.38. The summed E-state index contributed by atoms with van der Waals surface area (Å²) in [6.07, 6.45) is -0.568. The minimum Gasteiger partial charge on any atom is -0.490 e. The van der Waals surface area contributed by atoms with Crippen molar-refractivity contribution < 1.29 is 19.4 Å². The number of fused-ring (bicyclic) bond motifs is 1. The van der Waals surface area contributed by atoms with E-state index >= 15 is 0 Å². The van der Waals surface area contributed by atoms with Gasteiger partial charge in [-0.25, -0.2) is 0 Å². The first-order valence-corrected chi connectivity index (χ1v) is 6.51. The summed E-state index contributed by atoms with van der Waals surface area (Å²) < 4.78 is 10.8. The van der Waals surface area contributed by atoms with Crippen molar-refractivity contribution in [1.29, 1.82) is 0 Å². The van der Waals surface area contributed by atoms with Crippen LogP contribution >= 0.6 is 0 Å². The third-order valence-electron chi connectivity index (χ3n) is 3.22. The lowest BCUT2D eigenvalue weighted by Gasteiger charge is -2.18. The van der Waals surface area contributed by atoms with Gasteiger partial charge in [-0.05, 0) is 26.0 Å². The molecule has 1 amide bonds. The van der Waals surface area contributed by atoms with Crippen LogP contribution in [-0.2, 0) is 4.79 Å². The van der Waals surface area contributed by atoms with Crippen LogP contribution in [0.25, 0.3) is 0 Å². The zero-order chi connectivity index (χ0) is 13.8. The predicted molar refractivity (Wildman–Crippen MR) is 70.3 cm³/mol. The zero-order valence-electron chi connectivity index (χ0n) is 11.3. The molecule has 5 heteroatoms. The van der Waals surface area contributed by atoms with Gasteiger partial charge in [0.05, 0.1) is 0 Å². The number of rotatable bonds is 5. The van der Waals surface area contributed by atoms with E-state index in [-0.39, 0.29) is 19.1 Å². The lowest BCUT2D eigenvalue weighted by atomic mass is 10.1. The Morgan fingerprint density at radius 1 is 1.47 bits per heavy atom. The van der Waals surface area contributed by atoms with E-state index in [4.69, 9.17) is 9.47 Å². The van der Waals surface area contributed by atoms with E-state index in [0.717, 1.165) is 5.56 Å². The van der Waals surface area contributed by atoms with Crippen molar-refractivity contribution in [2.75, 3.05) is 26.3 Å². The average molecular weight is 265 g/mol. The number of carbonyl (C=O) groups is 1. The number of aliphatic hydroxyl groups is 1. The number of benzene rings is 1. The summed E-state index contributed by atoms with van der Waals surface area (Å²) in [6.45, 7) is 5.52. The minimum absolute atomic E-state index is 0.0169. The highest BCUT2D eigenvalue weighted by atomic mass is 16.5. The molecule has 0 saturated heterocycles. The molecule has 1 N–H and O–H groups in total. The first-order chi connectivity index (χ1) is 9.15. The maximum absolute atomic E-state index is 11.8. The van der Waals surface area contributed by atoms with Crippen LogP contribution in [-0.4, -0.2) is 42.2 Å². The Morgan fingerprint density at radius 2 is 2.21 bits per heavy atom. The van der Waals surface area contributed by atoms with Crippen LogP contribution in [0.4, 0.5) is 0 Å². The highest BCUT2D eigenvalue weighted by Crippen LogP contribution is 2.34. The number of carbonyl (C=O) groups excluding carboxylic acids is 1. The third-order valence-corrected chi connectivity index (χ3v) is 3.22. The third kappa shape index (κ3) is 2.98. The van der Waals surface area contributed by atoms with Gasteiger partial charge in [-0.15, -0.1) is 0 Å². The van der Waals surface area contributed by atoms with Gasteiger partial charge < -0.3 is 19.5 Å². The number of hydrogen-bond donors (Lipinski definition) is 1. The van der Waals surface area contributed by atoms with E-state index < -0.39 is 6.10 Å². The summed E-state index contributed by atoms with van der Waals surface area (Å²) >= 11 is 0. The summed E-state index contributed by atoms with van der Waals surface area (Å²) in [4.78, 5) is 13.5. The van der Waals surface area contributed by atoms with Crippen LogP contribution in [0.5, 0.6) is 11.5 Å². The predicted octanol–water partition coefficient (Wildman–Crippen LogP) is 1.36. The summed E-state index contributed by atoms with van der Waals surface area (Å²) in [6, 6.07) is 5.22. The van der Waals surface area contributed by atoms with E-state index in [0.29, 0.717) is 24.6 Å². The summed E-state index contributed by atoms with van der Waals surface area (Å²) in [5.74, 6) is 1.17. The minimum atomic E-state index is -0.568. The highest BCUT2D eigenvalue weighted by molar-refractivity contribution is 5.77. The van der Waals surface area contributed by atoms with Crippen molar-refractivity contribution in [2.45, 2.75) is 20.0 Å². The van der Waals surface area contributed by atoms with Crippen LogP contribution in [0.1, 0.15) is 25.5 Å². The standard InChI is InChI=1S/C14H19NO4/c1-3-15(4-2)14(17)9-18-10-5-6-11-12(16)8-19-13(11)7-10/h5-7,12,16H,3-4,8-9H2,1-2H3. The van der Waals surface area contributed by atoms with E-state index in [1.165, 1.54) is 0 Å². The smallest absolute Gasteiger partial charge is 0.260 e. The molecule has 19 heavy (non-hydrogen) atoms. The van der Waals surface area contributed by atoms with Crippen molar-refractivity contribution in [3.05, 3.63) is 23.8 Å². The number of ether oxygens (including phenoxy) is 2. The second kappa shape index (κ2) is 5.93. The molecule has 1 unspecified atom stereocenters. The molecule has 1 atom stereocenters. The molecule has 0 spiro atoms. The Kier molecular flexibility index (Phi) is 4.27. The Labute approximate surface area is 112 Å². The van der Waals surface area contributed by atoms with Gasteiger partial charge in [0, 0.05) is 24.7 Å². The van der Waals surface area contributed by atoms with E-state index in [1.54, 1.807) is 23.1 Å². The van der Waals surface area contributed by atoms with Gasteiger partial charge in [-0.2, -0.15) is 0 Å². The Hall–Kier alpha value is -1.75. The molecule has 5 nitrogen and oxygen atoms in total. The van der Waals surface area contributed by atoms with E-state index in [2.05, 4.69) is 0 Å². The van der Waals surface area contributed by atoms with Crippen molar-refractivity contribution in [2.24, 2.45) is 0 Å². The quantitative estimate of drug-likeness (QED) is 0.873. The zero-order valence-corrected chi connectivity index (χ0v) is 11.3. The first kappa shape index (κ1) is 13.7. The van der Waals surface area contributed by atoms with Gasteiger partial charge >= 0.3 is 0 Å². The number of amides is 1. The van der Waals surface area contributed by atoms with Gasteiger partial charge in [0.2, 0.25) is 0 Å². The molecule has 0 saturated carbocycles. The van der Waals surface area contributed by atoms with Crippen LogP contribution in [0.3, 0.4) is 0 Å². The Balaban J connectivity index is 1.96. The maximum Gasteiger partial charge on any atom is 0.260 e. The van der Waals surface area contributed by atoms with Gasteiger partial charge in [0.25, 0.3) is 5.91 Å². The van der Waals surface area contributed by atoms with Gasteiger partial charge in [-0.3, -0.25) is 4.79 Å². The molecular formula is C14H19NO4. The van der Waals surface area contributed by atoms with Gasteiger partial charge in [0.1, 0.15) is 24.2 Å². The number of likely N-dealkylation sites (N-methyl/N-ethyl adjacent to an activating group) is 1. The molecule has 0 fully saturated rings. The molecule has 1 aromatic rings. The fraction of sp³-hybridized carbons (Fsp3) is 0.500. The summed E-state index contributed by atoms with van der Waals surface area (Å²) in [5, 5.41) is 9.60. The van der Waals surface area contributed by atoms with Crippen LogP contribution in [0.15, 0.2) is 18.2 Å². The number of hydrogen-bond acceptors (Lipinski definition) is 4. The van der Waals surface area contributed by atoms with Crippen LogP contribution in [0.2, 0.25) is 0 Å². The monoisotopic (exact) mass is 265 g/mol. The van der Waals surface area contributed by atoms with Gasteiger partial charge in [0.15, 0.2) is 6.61 Å². The summed E-state index contributed by atoms with van der Waals surface area (Å²) in [5.41, 5.74) is 0.766. The van der Waals surface area contributed by atoms with Crippen LogP contribution in [0, 0.1) is 0 Å². The normalized spacial score (nSPS) is 16.7. The SMILES string of the molecule is CCN(CC)C(=O)COc1ccc2c(c1)OCC2O. The number of nitrogens with zero attached hydrogens (tertiary/aromatic N) is 1. The van der Waals surface area contributed by atoms with Gasteiger partial charge in [-0.1, -0.05) is 0 Å². The van der Waals surface area contributed by atoms with E-state index in [1.807, 2.05) is 13.8 Å². The van der Waals surface area contributed by atoms with Crippen molar-refractivity contribution >= 4 is 5.91 Å². The second-order valence-electron chi connectivity index (χ2n) is 4.38. The Morgan fingerprint density at radius 3 is 2.89 bits per heavy atom. The summed E-state index contributed by atoms with van der Waals surface area (Å²) in [7, 11) is 0. The van der Waals surface area contributed by atoms with Crippen molar-refractivity contribution in [1.82, 2.24) is 4.90 Å². The molecule has 0 aromatic heterocycles. The van der Waals surface area contributed by atoms with Crippen molar-refractivity contribution in [3.8, 4) is 11.5 Å². The first-order valence-electron chi connectivity index (χ1n) is 6.51.